The quantitative estimate of drug-likeness (QED) is 0.395. The van der Waals surface area contributed by atoms with Gasteiger partial charge in [0.1, 0.15) is 0 Å². The van der Waals surface area contributed by atoms with Crippen LogP contribution in [0.25, 0.3) is 0 Å². The molecule has 0 bridgehead atoms. The lowest BCUT2D eigenvalue weighted by Gasteiger charge is -2.08. The second-order valence-corrected chi connectivity index (χ2v) is 4.77. The van der Waals surface area contributed by atoms with Gasteiger partial charge in [-0.15, -0.1) is 0 Å². The smallest absolute Gasteiger partial charge is 0.265 e. The Labute approximate surface area is 118 Å². The molecule has 0 atom stereocenters. The van der Waals surface area contributed by atoms with Gasteiger partial charge < -0.3 is 0 Å². The molecular weight excluding hydrogens is 308 g/mol. The summed E-state index contributed by atoms with van der Waals surface area (Å²) < 4.78 is 0.723. The molecule has 0 aliphatic rings. The molecule has 2 aromatic rings. The average Bonchev–Trinajstić information content (AvgIpc) is 2.46. The van der Waals surface area contributed by atoms with Crippen molar-refractivity contribution in [2.24, 2.45) is 5.84 Å². The molecule has 3 N–H and O–H groups in total. The summed E-state index contributed by atoms with van der Waals surface area (Å²) >= 11 is 3.29. The standard InChI is InChI=1S/C14H11BrN2O2/c15-10-6-7-11(14(19)17-16)12(8-10)13(18)9-4-2-1-3-5-9/h1-8H,16H2,(H,17,19). The Hall–Kier alpha value is -1.98. The normalized spacial score (nSPS) is 10.0. The van der Waals surface area contributed by atoms with Crippen molar-refractivity contribution in [3.8, 4) is 0 Å². The van der Waals surface area contributed by atoms with Crippen molar-refractivity contribution >= 4 is 27.6 Å². The number of ketones is 1. The first kappa shape index (κ1) is 13.5. The Bertz CT molecular complexity index is 627. The van der Waals surface area contributed by atoms with Crippen molar-refractivity contribution in [3.63, 3.8) is 0 Å². The second kappa shape index (κ2) is 5.77. The number of amides is 1. The summed E-state index contributed by atoms with van der Waals surface area (Å²) in [5.41, 5.74) is 3.12. The van der Waals surface area contributed by atoms with E-state index in [1.54, 1.807) is 42.5 Å². The van der Waals surface area contributed by atoms with Gasteiger partial charge >= 0.3 is 0 Å². The molecule has 0 spiro atoms. The third kappa shape index (κ3) is 2.89. The number of halogens is 1. The Morgan fingerprint density at radius 1 is 1.00 bits per heavy atom. The number of carbonyl (C=O) groups is 2. The van der Waals surface area contributed by atoms with Gasteiger partial charge in [-0.05, 0) is 18.2 Å². The number of hydrogen-bond donors (Lipinski definition) is 2. The van der Waals surface area contributed by atoms with Gasteiger partial charge in [0.2, 0.25) is 0 Å². The van der Waals surface area contributed by atoms with Crippen molar-refractivity contribution in [1.82, 2.24) is 5.43 Å². The van der Waals surface area contributed by atoms with Crippen LogP contribution in [-0.2, 0) is 0 Å². The highest BCUT2D eigenvalue weighted by Gasteiger charge is 2.18. The molecule has 0 aliphatic carbocycles. The van der Waals surface area contributed by atoms with Crippen molar-refractivity contribution in [2.45, 2.75) is 0 Å². The van der Waals surface area contributed by atoms with Gasteiger partial charge in [0.15, 0.2) is 5.78 Å². The van der Waals surface area contributed by atoms with E-state index in [1.165, 1.54) is 0 Å². The Morgan fingerprint density at radius 2 is 1.68 bits per heavy atom. The maximum absolute atomic E-state index is 12.4. The van der Waals surface area contributed by atoms with Crippen LogP contribution in [0.4, 0.5) is 0 Å². The van der Waals surface area contributed by atoms with Crippen LogP contribution in [-0.4, -0.2) is 11.7 Å². The van der Waals surface area contributed by atoms with Crippen LogP contribution < -0.4 is 11.3 Å². The van der Waals surface area contributed by atoms with E-state index in [2.05, 4.69) is 15.9 Å². The van der Waals surface area contributed by atoms with Crippen molar-refractivity contribution in [1.29, 1.82) is 0 Å². The zero-order chi connectivity index (χ0) is 13.8. The monoisotopic (exact) mass is 318 g/mol. The van der Waals surface area contributed by atoms with Gasteiger partial charge in [-0.3, -0.25) is 15.0 Å². The topological polar surface area (TPSA) is 72.2 Å². The van der Waals surface area contributed by atoms with Crippen molar-refractivity contribution in [2.75, 3.05) is 0 Å². The number of nitrogen functional groups attached to an aromatic ring is 1. The van der Waals surface area contributed by atoms with Crippen LogP contribution in [0, 0.1) is 0 Å². The van der Waals surface area contributed by atoms with Crippen LogP contribution in [0.5, 0.6) is 0 Å². The SMILES string of the molecule is NNC(=O)c1ccc(Br)cc1C(=O)c1ccccc1. The lowest BCUT2D eigenvalue weighted by atomic mass is 9.98. The molecule has 4 nitrogen and oxygen atoms in total. The summed E-state index contributed by atoms with van der Waals surface area (Å²) in [4.78, 5) is 24.1. The molecule has 5 heteroatoms. The molecule has 0 aromatic heterocycles. The van der Waals surface area contributed by atoms with Crippen LogP contribution in [0.3, 0.4) is 0 Å². The largest absolute Gasteiger partial charge is 0.290 e. The van der Waals surface area contributed by atoms with Crippen LogP contribution >= 0.6 is 15.9 Å². The summed E-state index contributed by atoms with van der Waals surface area (Å²) in [7, 11) is 0. The fraction of sp³-hybridized carbons (Fsp3) is 0. The van der Waals surface area contributed by atoms with Gasteiger partial charge in [-0.2, -0.15) is 0 Å². The number of benzene rings is 2. The minimum atomic E-state index is -0.494. The Balaban J connectivity index is 2.52. The highest BCUT2D eigenvalue weighted by molar-refractivity contribution is 9.10. The summed E-state index contributed by atoms with van der Waals surface area (Å²) in [6.07, 6.45) is 0. The predicted octanol–water partition coefficient (Wildman–Crippen LogP) is 2.28. The van der Waals surface area contributed by atoms with E-state index >= 15 is 0 Å². The summed E-state index contributed by atoms with van der Waals surface area (Å²) in [5.74, 6) is 4.41. The number of rotatable bonds is 3. The van der Waals surface area contributed by atoms with Crippen LogP contribution in [0.1, 0.15) is 26.3 Å². The van der Waals surface area contributed by atoms with E-state index in [-0.39, 0.29) is 11.3 Å². The molecule has 19 heavy (non-hydrogen) atoms. The van der Waals surface area contributed by atoms with Gasteiger partial charge in [0.05, 0.1) is 5.56 Å². The molecule has 0 unspecified atom stereocenters. The first-order chi connectivity index (χ1) is 9.13. The van der Waals surface area contributed by atoms with Crippen molar-refractivity contribution < 1.29 is 9.59 Å². The molecule has 96 valence electrons. The number of nitrogens with one attached hydrogen (secondary N) is 1. The van der Waals surface area contributed by atoms with Gasteiger partial charge in [-0.1, -0.05) is 46.3 Å². The van der Waals surface area contributed by atoms with Gasteiger partial charge in [0, 0.05) is 15.6 Å². The third-order valence-corrected chi connectivity index (χ3v) is 3.13. The first-order valence-electron chi connectivity index (χ1n) is 5.53. The summed E-state index contributed by atoms with van der Waals surface area (Å²) in [6.45, 7) is 0. The van der Waals surface area contributed by atoms with E-state index in [0.717, 1.165) is 4.47 Å². The Kier molecular flexibility index (Phi) is 4.09. The lowest BCUT2D eigenvalue weighted by Crippen LogP contribution is -2.31. The van der Waals surface area contributed by atoms with E-state index in [4.69, 9.17) is 5.84 Å². The second-order valence-electron chi connectivity index (χ2n) is 3.86. The van der Waals surface area contributed by atoms with E-state index in [9.17, 15) is 9.59 Å². The molecule has 0 radical (unpaired) electrons. The Morgan fingerprint density at radius 3 is 2.32 bits per heavy atom. The predicted molar refractivity (Wildman–Crippen MR) is 75.7 cm³/mol. The molecule has 0 fully saturated rings. The minimum absolute atomic E-state index is 0.222. The van der Waals surface area contributed by atoms with Crippen LogP contribution in [0.2, 0.25) is 0 Å². The number of carbonyl (C=O) groups excluding carboxylic acids is 2. The van der Waals surface area contributed by atoms with E-state index < -0.39 is 5.91 Å². The molecule has 0 aliphatic heterocycles. The fourth-order valence-corrected chi connectivity index (χ4v) is 2.09. The number of hydrogen-bond acceptors (Lipinski definition) is 3. The van der Waals surface area contributed by atoms with E-state index in [0.29, 0.717) is 11.1 Å². The fourth-order valence-electron chi connectivity index (χ4n) is 1.73. The molecule has 0 heterocycles. The molecule has 0 saturated heterocycles. The zero-order valence-electron chi connectivity index (χ0n) is 9.89. The number of hydrazine groups is 1. The first-order valence-corrected chi connectivity index (χ1v) is 6.33. The maximum atomic E-state index is 12.4. The van der Waals surface area contributed by atoms with Gasteiger partial charge in [0.25, 0.3) is 5.91 Å². The molecule has 0 saturated carbocycles. The highest BCUT2D eigenvalue weighted by Crippen LogP contribution is 2.20. The highest BCUT2D eigenvalue weighted by atomic mass is 79.9. The average molecular weight is 319 g/mol. The van der Waals surface area contributed by atoms with Gasteiger partial charge in [-0.25, -0.2) is 5.84 Å². The van der Waals surface area contributed by atoms with Crippen LogP contribution in [0.15, 0.2) is 53.0 Å². The zero-order valence-corrected chi connectivity index (χ0v) is 11.5. The van der Waals surface area contributed by atoms with E-state index in [1.807, 2.05) is 11.5 Å². The molecule has 2 aromatic carbocycles. The molecule has 2 rings (SSSR count). The molecular formula is C14H11BrN2O2. The summed E-state index contributed by atoms with van der Waals surface area (Å²) in [6, 6.07) is 13.6. The lowest BCUT2D eigenvalue weighted by molar-refractivity contribution is 0.0942. The number of nitrogens with two attached hydrogens (primary N) is 1. The minimum Gasteiger partial charge on any atom is -0.290 e. The molecule has 1 amide bonds. The van der Waals surface area contributed by atoms with Crippen molar-refractivity contribution in [3.05, 3.63) is 69.7 Å². The third-order valence-electron chi connectivity index (χ3n) is 2.64. The maximum Gasteiger partial charge on any atom is 0.265 e. The summed E-state index contributed by atoms with van der Waals surface area (Å²) in [5, 5.41) is 0.